The summed E-state index contributed by atoms with van der Waals surface area (Å²) >= 11 is 0. The van der Waals surface area contributed by atoms with Gasteiger partial charge in [0.25, 0.3) is 5.91 Å². The molecule has 1 N–H and O–H groups in total. The van der Waals surface area contributed by atoms with Crippen molar-refractivity contribution in [2.75, 3.05) is 17.2 Å². The van der Waals surface area contributed by atoms with Gasteiger partial charge >= 0.3 is 5.97 Å². The molecular formula is C18H24N2O5S. The monoisotopic (exact) mass is 380 g/mol. The fourth-order valence-electron chi connectivity index (χ4n) is 3.46. The first-order valence-corrected chi connectivity index (χ1v) is 10.6. The molecule has 0 spiro atoms. The summed E-state index contributed by atoms with van der Waals surface area (Å²) in [5, 5.41) is 2.83. The van der Waals surface area contributed by atoms with Crippen molar-refractivity contribution in [3.63, 3.8) is 0 Å². The van der Waals surface area contributed by atoms with Crippen molar-refractivity contribution in [2.45, 2.75) is 45.2 Å². The molecule has 2 atom stereocenters. The maximum Gasteiger partial charge on any atom is 0.338 e. The summed E-state index contributed by atoms with van der Waals surface area (Å²) in [5.41, 5.74) is 1.69. The van der Waals surface area contributed by atoms with Crippen LogP contribution in [0.15, 0.2) is 18.2 Å². The molecule has 0 unspecified atom stereocenters. The van der Waals surface area contributed by atoms with Gasteiger partial charge in [-0.1, -0.05) is 0 Å². The lowest BCUT2D eigenvalue weighted by Gasteiger charge is -2.21. The number of sulfonamides is 1. The van der Waals surface area contributed by atoms with Crippen LogP contribution in [-0.2, 0) is 26.0 Å². The van der Waals surface area contributed by atoms with E-state index in [1.807, 2.05) is 13.8 Å². The maximum absolute atomic E-state index is 12.2. The zero-order chi connectivity index (χ0) is 19.1. The molecule has 1 aliphatic heterocycles. The van der Waals surface area contributed by atoms with E-state index in [4.69, 9.17) is 4.74 Å². The van der Waals surface area contributed by atoms with Crippen molar-refractivity contribution in [3.05, 3.63) is 29.3 Å². The van der Waals surface area contributed by atoms with E-state index in [9.17, 15) is 18.0 Å². The number of hydrogen-bond donors (Lipinski definition) is 1. The predicted octanol–water partition coefficient (Wildman–Crippen LogP) is 1.47. The summed E-state index contributed by atoms with van der Waals surface area (Å²) in [5.74, 6) is -0.366. The zero-order valence-corrected chi connectivity index (χ0v) is 16.0. The van der Waals surface area contributed by atoms with Gasteiger partial charge in [-0.3, -0.25) is 9.10 Å². The van der Waals surface area contributed by atoms with E-state index in [0.717, 1.165) is 18.4 Å². The number of nitrogens with zero attached hydrogens (tertiary/aromatic N) is 1. The van der Waals surface area contributed by atoms with Crippen molar-refractivity contribution >= 4 is 27.6 Å². The van der Waals surface area contributed by atoms with E-state index in [-0.39, 0.29) is 24.6 Å². The summed E-state index contributed by atoms with van der Waals surface area (Å²) in [7, 11) is -3.37. The Balaban J connectivity index is 1.62. The summed E-state index contributed by atoms with van der Waals surface area (Å²) in [4.78, 5) is 24.1. The minimum absolute atomic E-state index is 0.102. The molecule has 7 nitrogen and oxygen atoms in total. The number of rotatable bonds is 6. The standard InChI is InChI=1S/C18H24N2O5S/c1-11-8-15-9-14(6-7-16(15)20(11)26(3,23)24)18(22)25-10-17(21)19-12(2)13-4-5-13/h6-7,9,11-13H,4-5,8,10H2,1-3H3,(H,19,21)/t11-,12-/m0/s1. The van der Waals surface area contributed by atoms with Gasteiger partial charge in [0.05, 0.1) is 17.5 Å². The highest BCUT2D eigenvalue weighted by Gasteiger charge is 2.33. The molecule has 1 heterocycles. The number of amides is 1. The number of carbonyl (C=O) groups excluding carboxylic acids is 2. The molecule has 0 saturated heterocycles. The second-order valence-corrected chi connectivity index (χ2v) is 9.08. The maximum atomic E-state index is 12.2. The van der Waals surface area contributed by atoms with Gasteiger partial charge < -0.3 is 10.1 Å². The SMILES string of the molecule is C[C@H](NC(=O)COC(=O)c1ccc2c(c1)C[C@H](C)N2S(C)(=O)=O)C1CC1. The molecule has 1 saturated carbocycles. The van der Waals surface area contributed by atoms with Gasteiger partial charge in [-0.05, 0) is 62.8 Å². The molecular weight excluding hydrogens is 356 g/mol. The van der Waals surface area contributed by atoms with Crippen molar-refractivity contribution in [3.8, 4) is 0 Å². The Bertz CT molecular complexity index is 832. The molecule has 1 aromatic rings. The molecule has 142 valence electrons. The predicted molar refractivity (Wildman–Crippen MR) is 97.5 cm³/mol. The third-order valence-electron chi connectivity index (χ3n) is 4.88. The Morgan fingerprint density at radius 2 is 2.04 bits per heavy atom. The molecule has 1 fully saturated rings. The highest BCUT2D eigenvalue weighted by Crippen LogP contribution is 2.35. The van der Waals surface area contributed by atoms with Crippen molar-refractivity contribution < 1.29 is 22.7 Å². The fourth-order valence-corrected chi connectivity index (χ4v) is 4.72. The number of hydrogen-bond acceptors (Lipinski definition) is 5. The fraction of sp³-hybridized carbons (Fsp3) is 0.556. The van der Waals surface area contributed by atoms with Crippen LogP contribution in [-0.4, -0.2) is 45.2 Å². The minimum atomic E-state index is -3.37. The van der Waals surface area contributed by atoms with Crippen LogP contribution in [0.25, 0.3) is 0 Å². The quantitative estimate of drug-likeness (QED) is 0.755. The van der Waals surface area contributed by atoms with Crippen molar-refractivity contribution in [2.24, 2.45) is 5.92 Å². The van der Waals surface area contributed by atoms with Crippen LogP contribution in [0.2, 0.25) is 0 Å². The molecule has 26 heavy (non-hydrogen) atoms. The third kappa shape index (κ3) is 4.00. The Morgan fingerprint density at radius 3 is 2.65 bits per heavy atom. The summed E-state index contributed by atoms with van der Waals surface area (Å²) in [6, 6.07) is 4.70. The van der Waals surface area contributed by atoms with Crippen LogP contribution >= 0.6 is 0 Å². The van der Waals surface area contributed by atoms with E-state index >= 15 is 0 Å². The summed E-state index contributed by atoms with van der Waals surface area (Å²) in [6.07, 6.45) is 3.95. The topological polar surface area (TPSA) is 92.8 Å². The van der Waals surface area contributed by atoms with Crippen LogP contribution in [0.4, 0.5) is 5.69 Å². The van der Waals surface area contributed by atoms with Gasteiger partial charge in [0.2, 0.25) is 10.0 Å². The van der Waals surface area contributed by atoms with Crippen LogP contribution in [0, 0.1) is 5.92 Å². The number of fused-ring (bicyclic) bond motifs is 1. The van der Waals surface area contributed by atoms with Crippen LogP contribution < -0.4 is 9.62 Å². The van der Waals surface area contributed by atoms with Gasteiger partial charge in [-0.2, -0.15) is 0 Å². The molecule has 1 amide bonds. The average Bonchev–Trinajstić information content (AvgIpc) is 3.33. The van der Waals surface area contributed by atoms with Crippen molar-refractivity contribution in [1.29, 1.82) is 0 Å². The minimum Gasteiger partial charge on any atom is -0.452 e. The first-order chi connectivity index (χ1) is 12.2. The normalized spacial score (nSPS) is 20.4. The number of benzene rings is 1. The Labute approximate surface area is 153 Å². The number of anilines is 1. The molecule has 0 radical (unpaired) electrons. The van der Waals surface area contributed by atoms with Crippen molar-refractivity contribution in [1.82, 2.24) is 5.32 Å². The number of ether oxygens (including phenoxy) is 1. The van der Waals surface area contributed by atoms with E-state index < -0.39 is 16.0 Å². The Morgan fingerprint density at radius 1 is 1.35 bits per heavy atom. The highest BCUT2D eigenvalue weighted by atomic mass is 32.2. The molecule has 1 aliphatic carbocycles. The van der Waals surface area contributed by atoms with E-state index in [1.54, 1.807) is 12.1 Å². The van der Waals surface area contributed by atoms with Crippen LogP contribution in [0.5, 0.6) is 0 Å². The van der Waals surface area contributed by atoms with E-state index in [2.05, 4.69) is 5.32 Å². The lowest BCUT2D eigenvalue weighted by molar-refractivity contribution is -0.124. The molecule has 8 heteroatoms. The van der Waals surface area contributed by atoms with Crippen LogP contribution in [0.3, 0.4) is 0 Å². The summed E-state index contributed by atoms with van der Waals surface area (Å²) < 4.78 is 30.3. The molecule has 2 aliphatic rings. The lowest BCUT2D eigenvalue weighted by Crippen LogP contribution is -2.37. The van der Waals surface area contributed by atoms with Gasteiger partial charge in [-0.25, -0.2) is 13.2 Å². The van der Waals surface area contributed by atoms with Gasteiger partial charge in [-0.15, -0.1) is 0 Å². The largest absolute Gasteiger partial charge is 0.452 e. The molecule has 3 rings (SSSR count). The Hall–Kier alpha value is -2.09. The third-order valence-corrected chi connectivity index (χ3v) is 6.15. The van der Waals surface area contributed by atoms with E-state index in [1.165, 1.54) is 16.6 Å². The first kappa shape index (κ1) is 18.7. The second kappa shape index (κ2) is 6.90. The summed E-state index contributed by atoms with van der Waals surface area (Å²) in [6.45, 7) is 3.45. The number of nitrogens with one attached hydrogen (secondary N) is 1. The molecule has 0 aromatic heterocycles. The van der Waals surface area contributed by atoms with E-state index in [0.29, 0.717) is 23.6 Å². The van der Waals surface area contributed by atoms with Gasteiger partial charge in [0, 0.05) is 12.1 Å². The molecule has 1 aromatic carbocycles. The van der Waals surface area contributed by atoms with Crippen LogP contribution in [0.1, 0.15) is 42.6 Å². The van der Waals surface area contributed by atoms with Gasteiger partial charge in [0.15, 0.2) is 6.61 Å². The lowest BCUT2D eigenvalue weighted by atomic mass is 10.1. The number of esters is 1. The molecule has 0 bridgehead atoms. The first-order valence-electron chi connectivity index (χ1n) is 8.75. The second-order valence-electron chi connectivity index (χ2n) is 7.23. The van der Waals surface area contributed by atoms with Gasteiger partial charge in [0.1, 0.15) is 0 Å². The average molecular weight is 380 g/mol. The smallest absolute Gasteiger partial charge is 0.338 e. The zero-order valence-electron chi connectivity index (χ0n) is 15.2. The Kier molecular flexibility index (Phi) is 4.96. The highest BCUT2D eigenvalue weighted by molar-refractivity contribution is 7.92. The number of carbonyl (C=O) groups is 2.